The van der Waals surface area contributed by atoms with Gasteiger partial charge < -0.3 is 14.4 Å². The number of unbranched alkanes of at least 4 members (excludes halogenated alkanes) is 27. The van der Waals surface area contributed by atoms with E-state index in [0.717, 1.165) is 64.5 Å². The number of carbonyl (C=O) groups is 2. The largest absolute Gasteiger partial charge is 0.464 e. The Morgan fingerprint density at radius 1 is 0.391 bits per heavy atom. The summed E-state index contributed by atoms with van der Waals surface area (Å²) >= 11 is 0. The van der Waals surface area contributed by atoms with Crippen molar-refractivity contribution in [3.05, 3.63) is 0 Å². The maximum Gasteiger partial charge on any atom is 0.308 e. The molecule has 2 fully saturated rings. The number of rotatable bonds is 44. The number of esters is 2. The first kappa shape index (κ1) is 59.0. The van der Waals surface area contributed by atoms with Crippen molar-refractivity contribution in [3.8, 4) is 0 Å². The molecule has 0 aromatic rings. The predicted octanol–water partition coefficient (Wildman–Crippen LogP) is 17.0. The monoisotopic (exact) mass is 901 g/mol. The lowest BCUT2D eigenvalue weighted by Gasteiger charge is -2.48. The van der Waals surface area contributed by atoms with E-state index in [0.29, 0.717) is 18.6 Å². The van der Waals surface area contributed by atoms with Crippen LogP contribution in [0.4, 0.5) is 0 Å². The van der Waals surface area contributed by atoms with Crippen LogP contribution in [0.15, 0.2) is 0 Å². The highest BCUT2D eigenvalue weighted by Gasteiger charge is 2.39. The summed E-state index contributed by atoms with van der Waals surface area (Å²) in [5.41, 5.74) is 0.437. The van der Waals surface area contributed by atoms with Gasteiger partial charge in [-0.2, -0.15) is 0 Å². The predicted molar refractivity (Wildman–Crippen MR) is 276 cm³/mol. The molecule has 2 unspecified atom stereocenters. The van der Waals surface area contributed by atoms with Crippen LogP contribution in [-0.2, 0) is 19.1 Å². The summed E-state index contributed by atoms with van der Waals surface area (Å²) in [6.45, 7) is 17.8. The van der Waals surface area contributed by atoms with Crippen molar-refractivity contribution in [1.82, 2.24) is 9.80 Å². The molecule has 2 heterocycles. The number of ether oxygens (including phenoxy) is 2. The standard InChI is InChI=1S/C58H112N2O4/c1-6-11-16-20-22-24-26-28-32-36-40-53(38-34-30-18-13-8-3)56(61)63-51-55(60-49-44-58(45-50-60)42-47-59(48-43-58)46-15-10-5)52-64-57(62)54(39-35-31-19-14-9-4)41-37-33-29-27-25-23-21-17-12-7-2/h53-55H,6-52H2,1-5H3. The number of piperidine rings is 2. The van der Waals surface area contributed by atoms with Crippen LogP contribution in [0, 0.1) is 17.3 Å². The smallest absolute Gasteiger partial charge is 0.308 e. The van der Waals surface area contributed by atoms with E-state index in [1.165, 1.54) is 225 Å². The summed E-state index contributed by atoms with van der Waals surface area (Å²) in [4.78, 5) is 33.3. The quantitative estimate of drug-likeness (QED) is 0.0448. The Morgan fingerprint density at radius 2 is 0.672 bits per heavy atom. The summed E-state index contributed by atoms with van der Waals surface area (Å²) in [7, 11) is 0. The minimum absolute atomic E-state index is 0.00147. The molecule has 0 saturated carbocycles. The molecule has 2 atom stereocenters. The molecule has 0 amide bonds. The average Bonchev–Trinajstić information content (AvgIpc) is 3.31. The minimum atomic E-state index is -0.0695. The van der Waals surface area contributed by atoms with E-state index >= 15 is 0 Å². The molecule has 6 nitrogen and oxygen atoms in total. The van der Waals surface area contributed by atoms with Crippen molar-refractivity contribution >= 4 is 11.9 Å². The SMILES string of the molecule is CCCCCCCCCCCCC(CCCCCCC)C(=O)OCC(COC(=O)C(CCCCCCC)CCCCCCCCCCCC)N1CCC2(CCN(CCCC)CC2)CC1. The molecule has 0 radical (unpaired) electrons. The highest BCUT2D eigenvalue weighted by atomic mass is 16.5. The first-order chi connectivity index (χ1) is 31.4. The summed E-state index contributed by atoms with van der Waals surface area (Å²) in [6, 6.07) is -0.0695. The van der Waals surface area contributed by atoms with E-state index in [1.807, 2.05) is 0 Å². The minimum Gasteiger partial charge on any atom is -0.464 e. The van der Waals surface area contributed by atoms with Gasteiger partial charge in [0.25, 0.3) is 0 Å². The van der Waals surface area contributed by atoms with Gasteiger partial charge >= 0.3 is 11.9 Å². The molecule has 0 bridgehead atoms. The van der Waals surface area contributed by atoms with Crippen molar-refractivity contribution < 1.29 is 19.1 Å². The Hall–Kier alpha value is -1.14. The van der Waals surface area contributed by atoms with E-state index in [-0.39, 0.29) is 29.8 Å². The summed E-state index contributed by atoms with van der Waals surface area (Å²) in [5, 5.41) is 0. The third-order valence-electron chi connectivity index (χ3n) is 15.7. The molecule has 0 aliphatic carbocycles. The Kier molecular flexibility index (Phi) is 37.7. The Morgan fingerprint density at radius 3 is 0.984 bits per heavy atom. The Bertz CT molecular complexity index is 991. The fourth-order valence-corrected chi connectivity index (χ4v) is 10.9. The van der Waals surface area contributed by atoms with Crippen LogP contribution in [0.2, 0.25) is 0 Å². The van der Waals surface area contributed by atoms with Gasteiger partial charge in [-0.25, -0.2) is 0 Å². The van der Waals surface area contributed by atoms with Crippen molar-refractivity contribution in [1.29, 1.82) is 0 Å². The molecule has 2 rings (SSSR count). The fourth-order valence-electron chi connectivity index (χ4n) is 10.9. The molecule has 2 aliphatic rings. The van der Waals surface area contributed by atoms with Gasteiger partial charge in [-0.05, 0) is 95.9 Å². The lowest BCUT2D eigenvalue weighted by Crippen LogP contribution is -2.52. The van der Waals surface area contributed by atoms with Gasteiger partial charge in [-0.15, -0.1) is 0 Å². The first-order valence-electron chi connectivity index (χ1n) is 29.2. The van der Waals surface area contributed by atoms with Gasteiger partial charge in [-0.3, -0.25) is 14.5 Å². The molecule has 0 aromatic carbocycles. The summed E-state index contributed by atoms with van der Waals surface area (Å²) in [5.74, 6) is -0.0257. The van der Waals surface area contributed by atoms with Gasteiger partial charge in [0.05, 0.1) is 17.9 Å². The summed E-state index contributed by atoms with van der Waals surface area (Å²) < 4.78 is 12.8. The van der Waals surface area contributed by atoms with Gasteiger partial charge in [0.15, 0.2) is 0 Å². The molecule has 378 valence electrons. The topological polar surface area (TPSA) is 59.1 Å². The third kappa shape index (κ3) is 28.9. The number of likely N-dealkylation sites (tertiary alicyclic amines) is 2. The van der Waals surface area contributed by atoms with Crippen molar-refractivity contribution in [2.75, 3.05) is 45.9 Å². The molecule has 64 heavy (non-hydrogen) atoms. The van der Waals surface area contributed by atoms with Gasteiger partial charge in [0, 0.05) is 0 Å². The fraction of sp³-hybridized carbons (Fsp3) is 0.966. The van der Waals surface area contributed by atoms with Crippen LogP contribution < -0.4 is 0 Å². The normalized spacial score (nSPS) is 17.1. The molecule has 1 spiro atoms. The number of hydrogen-bond acceptors (Lipinski definition) is 6. The zero-order valence-corrected chi connectivity index (χ0v) is 44.0. The van der Waals surface area contributed by atoms with E-state index in [1.54, 1.807) is 0 Å². The average molecular weight is 902 g/mol. The molecular weight excluding hydrogens is 789 g/mol. The van der Waals surface area contributed by atoms with E-state index in [4.69, 9.17) is 9.47 Å². The maximum absolute atomic E-state index is 14.0. The van der Waals surface area contributed by atoms with E-state index in [2.05, 4.69) is 44.4 Å². The van der Waals surface area contributed by atoms with Crippen LogP contribution in [-0.4, -0.2) is 73.7 Å². The number of nitrogens with zero attached hydrogens (tertiary/aromatic N) is 2. The first-order valence-corrected chi connectivity index (χ1v) is 29.2. The second kappa shape index (κ2) is 40.9. The zero-order chi connectivity index (χ0) is 46.2. The summed E-state index contributed by atoms with van der Waals surface area (Å²) in [6.07, 6.45) is 49.8. The third-order valence-corrected chi connectivity index (χ3v) is 15.7. The lowest BCUT2D eigenvalue weighted by molar-refractivity contribution is -0.156. The van der Waals surface area contributed by atoms with Crippen LogP contribution in [0.3, 0.4) is 0 Å². The maximum atomic E-state index is 14.0. The molecule has 0 aromatic heterocycles. The van der Waals surface area contributed by atoms with E-state index in [9.17, 15) is 9.59 Å². The van der Waals surface area contributed by atoms with Gasteiger partial charge in [0.2, 0.25) is 0 Å². The molecule has 2 saturated heterocycles. The van der Waals surface area contributed by atoms with Crippen LogP contribution in [0.5, 0.6) is 0 Å². The molecule has 0 N–H and O–H groups in total. The second-order valence-corrected chi connectivity index (χ2v) is 21.4. The van der Waals surface area contributed by atoms with E-state index < -0.39 is 0 Å². The zero-order valence-electron chi connectivity index (χ0n) is 44.0. The van der Waals surface area contributed by atoms with Crippen molar-refractivity contribution in [2.45, 2.75) is 297 Å². The molecule has 2 aliphatic heterocycles. The Balaban J connectivity index is 2.05. The molecular formula is C58H112N2O4. The van der Waals surface area contributed by atoms with Crippen LogP contribution in [0.1, 0.15) is 291 Å². The van der Waals surface area contributed by atoms with Crippen molar-refractivity contribution in [2.24, 2.45) is 17.3 Å². The van der Waals surface area contributed by atoms with Gasteiger partial charge in [0.1, 0.15) is 13.2 Å². The number of carbonyl (C=O) groups excluding carboxylic acids is 2. The highest BCUT2D eigenvalue weighted by molar-refractivity contribution is 5.73. The van der Waals surface area contributed by atoms with Gasteiger partial charge in [-0.1, -0.05) is 234 Å². The van der Waals surface area contributed by atoms with Crippen molar-refractivity contribution in [3.63, 3.8) is 0 Å². The highest BCUT2D eigenvalue weighted by Crippen LogP contribution is 2.42. The number of hydrogen-bond donors (Lipinski definition) is 0. The Labute approximate surface area is 400 Å². The molecule has 6 heteroatoms. The van der Waals surface area contributed by atoms with Crippen LogP contribution >= 0.6 is 0 Å². The lowest BCUT2D eigenvalue weighted by atomic mass is 9.71. The second-order valence-electron chi connectivity index (χ2n) is 21.4. The van der Waals surface area contributed by atoms with Crippen LogP contribution in [0.25, 0.3) is 0 Å².